The highest BCUT2D eigenvalue weighted by molar-refractivity contribution is 6.31. The lowest BCUT2D eigenvalue weighted by Gasteiger charge is -2.10. The maximum atomic E-state index is 6.16. The molecule has 0 saturated heterocycles. The Morgan fingerprint density at radius 2 is 1.81 bits per heavy atom. The van der Waals surface area contributed by atoms with Crippen LogP contribution < -0.4 is 10.1 Å². The van der Waals surface area contributed by atoms with Crippen LogP contribution in [0.25, 0.3) is 10.9 Å². The zero-order valence-corrected chi connectivity index (χ0v) is 15.4. The lowest BCUT2D eigenvalue weighted by atomic mass is 10.2. The van der Waals surface area contributed by atoms with Crippen molar-refractivity contribution in [1.82, 2.24) is 9.97 Å². The molecule has 134 valence electrons. The van der Waals surface area contributed by atoms with E-state index in [4.69, 9.17) is 16.3 Å². The molecule has 0 amide bonds. The van der Waals surface area contributed by atoms with Crippen LogP contribution in [0.3, 0.4) is 0 Å². The van der Waals surface area contributed by atoms with E-state index in [1.165, 1.54) is 5.56 Å². The highest BCUT2D eigenvalue weighted by Gasteiger charge is 2.02. The van der Waals surface area contributed by atoms with Gasteiger partial charge in [-0.05, 0) is 42.0 Å². The molecule has 1 heterocycles. The van der Waals surface area contributed by atoms with E-state index >= 15 is 0 Å². The number of ether oxygens (including phenoxy) is 1. The van der Waals surface area contributed by atoms with Gasteiger partial charge in [0.1, 0.15) is 18.7 Å². The van der Waals surface area contributed by atoms with E-state index in [0.717, 1.165) is 39.5 Å². The molecule has 5 heteroatoms. The van der Waals surface area contributed by atoms with Crippen molar-refractivity contribution in [1.29, 1.82) is 0 Å². The van der Waals surface area contributed by atoms with Gasteiger partial charge < -0.3 is 10.1 Å². The largest absolute Gasteiger partial charge is 0.489 e. The maximum absolute atomic E-state index is 6.16. The second kappa shape index (κ2) is 8.06. The summed E-state index contributed by atoms with van der Waals surface area (Å²) in [5.74, 6) is 0.820. The molecular formula is C22H18ClN3O. The molecule has 3 aromatic carbocycles. The van der Waals surface area contributed by atoms with Crippen molar-refractivity contribution in [2.75, 3.05) is 5.32 Å². The van der Waals surface area contributed by atoms with Crippen LogP contribution in [0.2, 0.25) is 5.02 Å². The fourth-order valence-electron chi connectivity index (χ4n) is 2.77. The fourth-order valence-corrected chi connectivity index (χ4v) is 2.96. The standard InChI is InChI=1S/C22H18ClN3O/c23-21-4-2-1-3-18(21)14-27-20-9-5-16(6-10-20)12-25-19-8-7-17-13-24-15-26-22(17)11-19/h1-11,13,15,25H,12,14H2. The molecule has 0 saturated carbocycles. The van der Waals surface area contributed by atoms with E-state index in [9.17, 15) is 0 Å². The quantitative estimate of drug-likeness (QED) is 0.485. The van der Waals surface area contributed by atoms with E-state index in [0.29, 0.717) is 6.61 Å². The summed E-state index contributed by atoms with van der Waals surface area (Å²) in [6, 6.07) is 21.8. The number of rotatable bonds is 6. The number of nitrogens with zero attached hydrogens (tertiary/aromatic N) is 2. The van der Waals surface area contributed by atoms with Gasteiger partial charge in [0, 0.05) is 34.4 Å². The van der Waals surface area contributed by atoms with Crippen LogP contribution in [0, 0.1) is 0 Å². The van der Waals surface area contributed by atoms with Gasteiger partial charge in [-0.15, -0.1) is 0 Å². The molecule has 0 fully saturated rings. The van der Waals surface area contributed by atoms with Crippen molar-refractivity contribution in [2.24, 2.45) is 0 Å². The summed E-state index contributed by atoms with van der Waals surface area (Å²) in [6.07, 6.45) is 3.38. The van der Waals surface area contributed by atoms with E-state index < -0.39 is 0 Å². The molecule has 0 aliphatic rings. The minimum absolute atomic E-state index is 0.455. The van der Waals surface area contributed by atoms with Crippen LogP contribution in [0.5, 0.6) is 5.75 Å². The number of fused-ring (bicyclic) bond motifs is 1. The Labute approximate surface area is 162 Å². The molecule has 4 aromatic rings. The average molecular weight is 376 g/mol. The van der Waals surface area contributed by atoms with E-state index in [2.05, 4.69) is 27.4 Å². The lowest BCUT2D eigenvalue weighted by molar-refractivity contribution is 0.306. The number of hydrogen-bond acceptors (Lipinski definition) is 4. The van der Waals surface area contributed by atoms with Crippen LogP contribution in [0.15, 0.2) is 79.3 Å². The lowest BCUT2D eigenvalue weighted by Crippen LogP contribution is -2.00. The average Bonchev–Trinajstić information content (AvgIpc) is 2.72. The van der Waals surface area contributed by atoms with Crippen molar-refractivity contribution in [3.05, 3.63) is 95.4 Å². The first kappa shape index (κ1) is 17.3. The van der Waals surface area contributed by atoms with E-state index in [1.807, 2.05) is 60.8 Å². The third-order valence-electron chi connectivity index (χ3n) is 4.28. The number of halogens is 1. The summed E-state index contributed by atoms with van der Waals surface area (Å²) >= 11 is 6.16. The minimum atomic E-state index is 0.455. The summed E-state index contributed by atoms with van der Waals surface area (Å²) in [5, 5.41) is 5.17. The number of nitrogens with one attached hydrogen (secondary N) is 1. The monoisotopic (exact) mass is 375 g/mol. The molecule has 1 aromatic heterocycles. The molecule has 4 nitrogen and oxygen atoms in total. The summed E-state index contributed by atoms with van der Waals surface area (Å²) in [4.78, 5) is 8.32. The second-order valence-corrected chi connectivity index (χ2v) is 6.58. The Morgan fingerprint density at radius 3 is 2.67 bits per heavy atom. The van der Waals surface area contributed by atoms with Crippen molar-refractivity contribution in [3.63, 3.8) is 0 Å². The number of hydrogen-bond donors (Lipinski definition) is 1. The molecule has 0 atom stereocenters. The first-order valence-electron chi connectivity index (χ1n) is 8.67. The maximum Gasteiger partial charge on any atom is 0.119 e. The Morgan fingerprint density at radius 1 is 0.963 bits per heavy atom. The van der Waals surface area contributed by atoms with Gasteiger partial charge in [0.25, 0.3) is 0 Å². The molecule has 1 N–H and O–H groups in total. The topological polar surface area (TPSA) is 47.0 Å². The third-order valence-corrected chi connectivity index (χ3v) is 4.65. The summed E-state index contributed by atoms with van der Waals surface area (Å²) in [7, 11) is 0. The minimum Gasteiger partial charge on any atom is -0.489 e. The predicted octanol–water partition coefficient (Wildman–Crippen LogP) is 5.47. The predicted molar refractivity (Wildman–Crippen MR) is 109 cm³/mol. The molecule has 4 rings (SSSR count). The summed E-state index contributed by atoms with van der Waals surface area (Å²) in [5.41, 5.74) is 4.10. The molecule has 0 aliphatic heterocycles. The number of benzene rings is 3. The van der Waals surface area contributed by atoms with Gasteiger partial charge in [0.2, 0.25) is 0 Å². The highest BCUT2D eigenvalue weighted by Crippen LogP contribution is 2.20. The Balaban J connectivity index is 1.35. The normalized spacial score (nSPS) is 10.7. The Bertz CT molecular complexity index is 1050. The van der Waals surface area contributed by atoms with Crippen LogP contribution in [-0.2, 0) is 13.2 Å². The molecule has 0 bridgehead atoms. The number of aromatic nitrogens is 2. The Hall–Kier alpha value is -3.11. The summed E-state index contributed by atoms with van der Waals surface area (Å²) < 4.78 is 5.82. The van der Waals surface area contributed by atoms with Gasteiger partial charge in [0.15, 0.2) is 0 Å². The molecule has 0 spiro atoms. The van der Waals surface area contributed by atoms with Crippen molar-refractivity contribution >= 4 is 28.2 Å². The van der Waals surface area contributed by atoms with Crippen LogP contribution in [0.1, 0.15) is 11.1 Å². The third kappa shape index (κ3) is 4.36. The first-order chi connectivity index (χ1) is 13.3. The summed E-state index contributed by atoms with van der Waals surface area (Å²) in [6.45, 7) is 1.18. The number of anilines is 1. The molecule has 0 radical (unpaired) electrons. The van der Waals surface area contributed by atoms with Gasteiger partial charge in [-0.25, -0.2) is 9.97 Å². The van der Waals surface area contributed by atoms with Gasteiger partial charge in [-0.3, -0.25) is 0 Å². The zero-order valence-electron chi connectivity index (χ0n) is 14.6. The van der Waals surface area contributed by atoms with Crippen LogP contribution >= 0.6 is 11.6 Å². The van der Waals surface area contributed by atoms with Gasteiger partial charge in [0.05, 0.1) is 5.52 Å². The molecular weight excluding hydrogens is 358 g/mol. The van der Waals surface area contributed by atoms with E-state index in [1.54, 1.807) is 6.33 Å². The SMILES string of the molecule is Clc1ccccc1COc1ccc(CNc2ccc3cncnc3c2)cc1. The highest BCUT2D eigenvalue weighted by atomic mass is 35.5. The van der Waals surface area contributed by atoms with Gasteiger partial charge >= 0.3 is 0 Å². The van der Waals surface area contributed by atoms with E-state index in [-0.39, 0.29) is 0 Å². The van der Waals surface area contributed by atoms with Crippen molar-refractivity contribution in [2.45, 2.75) is 13.2 Å². The Kier molecular flexibility index (Phi) is 5.17. The van der Waals surface area contributed by atoms with Crippen molar-refractivity contribution in [3.8, 4) is 5.75 Å². The van der Waals surface area contributed by atoms with Gasteiger partial charge in [-0.2, -0.15) is 0 Å². The second-order valence-electron chi connectivity index (χ2n) is 6.17. The molecule has 27 heavy (non-hydrogen) atoms. The van der Waals surface area contributed by atoms with Crippen LogP contribution in [0.4, 0.5) is 5.69 Å². The molecule has 0 aliphatic carbocycles. The van der Waals surface area contributed by atoms with Crippen LogP contribution in [-0.4, -0.2) is 9.97 Å². The fraction of sp³-hybridized carbons (Fsp3) is 0.0909. The molecule has 0 unspecified atom stereocenters. The zero-order chi connectivity index (χ0) is 18.5. The smallest absolute Gasteiger partial charge is 0.119 e. The first-order valence-corrected chi connectivity index (χ1v) is 9.04. The van der Waals surface area contributed by atoms with Gasteiger partial charge in [-0.1, -0.05) is 41.9 Å². The van der Waals surface area contributed by atoms with Crippen molar-refractivity contribution < 1.29 is 4.74 Å².